The van der Waals surface area contributed by atoms with Crippen LogP contribution >= 0.6 is 0 Å². The van der Waals surface area contributed by atoms with Crippen molar-refractivity contribution in [3.05, 3.63) is 0 Å². The van der Waals surface area contributed by atoms with Crippen LogP contribution in [0.3, 0.4) is 0 Å². The topological polar surface area (TPSA) is 41.1 Å². The van der Waals surface area contributed by atoms with Gasteiger partial charge in [0, 0.05) is 25.0 Å². The van der Waals surface area contributed by atoms with E-state index in [1.54, 1.807) is 0 Å². The highest BCUT2D eigenvalue weighted by Gasteiger charge is 2.41. The van der Waals surface area contributed by atoms with Crippen molar-refractivity contribution in [2.24, 2.45) is 11.3 Å². The van der Waals surface area contributed by atoms with E-state index >= 15 is 0 Å². The van der Waals surface area contributed by atoms with Crippen LogP contribution in [0.1, 0.15) is 40.5 Å². The molecule has 0 aliphatic heterocycles. The van der Waals surface area contributed by atoms with Crippen molar-refractivity contribution in [1.82, 2.24) is 10.6 Å². The zero-order valence-electron chi connectivity index (χ0n) is 10.4. The summed E-state index contributed by atoms with van der Waals surface area (Å²) >= 11 is 0. The fourth-order valence-electron chi connectivity index (χ4n) is 1.56. The molecule has 0 radical (unpaired) electrons. The van der Waals surface area contributed by atoms with E-state index in [2.05, 4.69) is 24.5 Å². The molecular weight excluding hydrogens is 188 g/mol. The van der Waals surface area contributed by atoms with Crippen LogP contribution in [0.25, 0.3) is 0 Å². The number of rotatable bonds is 6. The number of carbonyl (C=O) groups excluding carboxylic acids is 1. The maximum atomic E-state index is 11.3. The second-order valence-electron chi connectivity index (χ2n) is 5.28. The van der Waals surface area contributed by atoms with Gasteiger partial charge in [-0.05, 0) is 25.2 Å². The second-order valence-corrected chi connectivity index (χ2v) is 5.28. The monoisotopic (exact) mass is 212 g/mol. The zero-order valence-corrected chi connectivity index (χ0v) is 10.4. The summed E-state index contributed by atoms with van der Waals surface area (Å²) in [6.45, 7) is 9.98. The van der Waals surface area contributed by atoms with Gasteiger partial charge in [0.15, 0.2) is 0 Å². The van der Waals surface area contributed by atoms with Gasteiger partial charge in [0.1, 0.15) is 0 Å². The Morgan fingerprint density at radius 2 is 1.87 bits per heavy atom. The number of nitrogens with one attached hydrogen (secondary N) is 2. The SMILES string of the molecule is CC(C)C(=O)NCCNC(C)C1(C)CC1. The zero-order chi connectivity index (χ0) is 11.5. The molecule has 0 heterocycles. The van der Waals surface area contributed by atoms with Crippen LogP contribution in [0.15, 0.2) is 0 Å². The van der Waals surface area contributed by atoms with Crippen molar-refractivity contribution in [3.8, 4) is 0 Å². The van der Waals surface area contributed by atoms with Crippen LogP contribution in [0.4, 0.5) is 0 Å². The van der Waals surface area contributed by atoms with Gasteiger partial charge in [0.2, 0.25) is 5.91 Å². The molecule has 1 unspecified atom stereocenters. The van der Waals surface area contributed by atoms with Crippen molar-refractivity contribution in [2.75, 3.05) is 13.1 Å². The van der Waals surface area contributed by atoms with Gasteiger partial charge in [-0.3, -0.25) is 4.79 Å². The van der Waals surface area contributed by atoms with E-state index in [1.165, 1.54) is 12.8 Å². The van der Waals surface area contributed by atoms with E-state index < -0.39 is 0 Å². The molecule has 15 heavy (non-hydrogen) atoms. The van der Waals surface area contributed by atoms with Gasteiger partial charge >= 0.3 is 0 Å². The smallest absolute Gasteiger partial charge is 0.222 e. The maximum absolute atomic E-state index is 11.3. The first-order valence-corrected chi connectivity index (χ1v) is 5.97. The molecule has 1 saturated carbocycles. The summed E-state index contributed by atoms with van der Waals surface area (Å²) in [5.41, 5.74) is 0.516. The lowest BCUT2D eigenvalue weighted by Gasteiger charge is -2.20. The summed E-state index contributed by atoms with van der Waals surface area (Å²) in [6.07, 6.45) is 2.67. The fraction of sp³-hybridized carbons (Fsp3) is 0.917. The second kappa shape index (κ2) is 4.97. The molecule has 1 aliphatic carbocycles. The minimum atomic E-state index is 0.0865. The van der Waals surface area contributed by atoms with E-state index in [0.29, 0.717) is 11.5 Å². The number of carbonyl (C=O) groups is 1. The average molecular weight is 212 g/mol. The van der Waals surface area contributed by atoms with Crippen LogP contribution in [-0.4, -0.2) is 25.0 Å². The Morgan fingerprint density at radius 3 is 2.33 bits per heavy atom. The first-order chi connectivity index (χ1) is 6.96. The molecule has 0 aromatic carbocycles. The van der Waals surface area contributed by atoms with E-state index in [1.807, 2.05) is 13.8 Å². The molecule has 2 N–H and O–H groups in total. The quantitative estimate of drug-likeness (QED) is 0.656. The number of hydrogen-bond donors (Lipinski definition) is 2. The number of amides is 1. The largest absolute Gasteiger partial charge is 0.355 e. The summed E-state index contributed by atoms with van der Waals surface area (Å²) in [5, 5.41) is 6.37. The van der Waals surface area contributed by atoms with Gasteiger partial charge in [-0.2, -0.15) is 0 Å². The molecule has 3 nitrogen and oxygen atoms in total. The van der Waals surface area contributed by atoms with Crippen LogP contribution in [0.2, 0.25) is 0 Å². The lowest BCUT2D eigenvalue weighted by molar-refractivity contribution is -0.123. The van der Waals surface area contributed by atoms with Gasteiger partial charge in [-0.25, -0.2) is 0 Å². The maximum Gasteiger partial charge on any atom is 0.222 e. The van der Waals surface area contributed by atoms with Crippen LogP contribution in [0.5, 0.6) is 0 Å². The normalized spacial score (nSPS) is 20.1. The van der Waals surface area contributed by atoms with Crippen molar-refractivity contribution in [2.45, 2.75) is 46.6 Å². The van der Waals surface area contributed by atoms with Crippen molar-refractivity contribution >= 4 is 5.91 Å². The van der Waals surface area contributed by atoms with Gasteiger partial charge in [0.05, 0.1) is 0 Å². The Morgan fingerprint density at radius 1 is 1.27 bits per heavy atom. The Balaban J connectivity index is 2.04. The average Bonchev–Trinajstić information content (AvgIpc) is 2.91. The molecule has 88 valence electrons. The fourth-order valence-corrected chi connectivity index (χ4v) is 1.56. The molecule has 0 aromatic heterocycles. The van der Waals surface area contributed by atoms with E-state index in [-0.39, 0.29) is 11.8 Å². The summed E-state index contributed by atoms with van der Waals surface area (Å²) in [7, 11) is 0. The van der Waals surface area contributed by atoms with E-state index in [9.17, 15) is 4.79 Å². The molecule has 1 aliphatic rings. The van der Waals surface area contributed by atoms with Crippen LogP contribution in [-0.2, 0) is 4.79 Å². The summed E-state index contributed by atoms with van der Waals surface area (Å²) in [6, 6.07) is 0.563. The third-order valence-corrected chi connectivity index (χ3v) is 3.48. The predicted molar refractivity (Wildman–Crippen MR) is 62.7 cm³/mol. The first kappa shape index (κ1) is 12.5. The molecule has 1 atom stereocenters. The van der Waals surface area contributed by atoms with Crippen molar-refractivity contribution in [1.29, 1.82) is 0 Å². The Kier molecular flexibility index (Phi) is 4.14. The molecule has 0 bridgehead atoms. The van der Waals surface area contributed by atoms with Crippen molar-refractivity contribution in [3.63, 3.8) is 0 Å². The molecule has 1 fully saturated rings. The standard InChI is InChI=1S/C12H24N2O/c1-9(2)11(15)14-8-7-13-10(3)12(4)5-6-12/h9-10,13H,5-8H2,1-4H3,(H,14,15). The highest BCUT2D eigenvalue weighted by Crippen LogP contribution is 2.47. The molecule has 0 aromatic rings. The molecule has 1 rings (SSSR count). The molecular formula is C12H24N2O. The third-order valence-electron chi connectivity index (χ3n) is 3.48. The number of hydrogen-bond acceptors (Lipinski definition) is 2. The minimum Gasteiger partial charge on any atom is -0.355 e. The van der Waals surface area contributed by atoms with Gasteiger partial charge in [0.25, 0.3) is 0 Å². The third kappa shape index (κ3) is 3.82. The van der Waals surface area contributed by atoms with E-state index in [0.717, 1.165) is 13.1 Å². The highest BCUT2D eigenvalue weighted by molar-refractivity contribution is 5.77. The molecule has 1 amide bonds. The first-order valence-electron chi connectivity index (χ1n) is 5.97. The lowest BCUT2D eigenvalue weighted by atomic mass is 10.0. The Hall–Kier alpha value is -0.570. The van der Waals surface area contributed by atoms with Gasteiger partial charge < -0.3 is 10.6 Å². The van der Waals surface area contributed by atoms with Gasteiger partial charge in [-0.1, -0.05) is 20.8 Å². The van der Waals surface area contributed by atoms with Crippen molar-refractivity contribution < 1.29 is 4.79 Å². The van der Waals surface area contributed by atoms with E-state index in [4.69, 9.17) is 0 Å². The Bertz CT molecular complexity index is 222. The highest BCUT2D eigenvalue weighted by atomic mass is 16.1. The van der Waals surface area contributed by atoms with Crippen LogP contribution < -0.4 is 10.6 Å². The summed E-state index contributed by atoms with van der Waals surface area (Å²) in [4.78, 5) is 11.3. The molecule has 3 heteroatoms. The van der Waals surface area contributed by atoms with Gasteiger partial charge in [-0.15, -0.1) is 0 Å². The van der Waals surface area contributed by atoms with Crippen LogP contribution in [0, 0.1) is 11.3 Å². The predicted octanol–water partition coefficient (Wildman–Crippen LogP) is 1.54. The summed E-state index contributed by atoms with van der Waals surface area (Å²) < 4.78 is 0. The lowest BCUT2D eigenvalue weighted by Crippen LogP contribution is -2.40. The Labute approximate surface area is 93.0 Å². The summed E-state index contributed by atoms with van der Waals surface area (Å²) in [5.74, 6) is 0.227. The molecule has 0 spiro atoms. The minimum absolute atomic E-state index is 0.0865. The molecule has 0 saturated heterocycles.